The average Bonchev–Trinajstić information content (AvgIpc) is 3.41. The van der Waals surface area contributed by atoms with E-state index in [2.05, 4.69) is 44.8 Å². The average molecular weight is 660 g/mol. The molecule has 4 rings (SSSR count). The zero-order valence-electron chi connectivity index (χ0n) is 26.0. The van der Waals surface area contributed by atoms with Crippen LogP contribution in [-0.4, -0.2) is 85.9 Å². The molecule has 236 valence electrons. The van der Waals surface area contributed by atoms with Gasteiger partial charge in [0.2, 0.25) is 16.0 Å². The predicted octanol–water partition coefficient (Wildman–Crippen LogP) is 4.83. The molecule has 0 amide bonds. The Kier molecular flexibility index (Phi) is 10.6. The van der Waals surface area contributed by atoms with Crippen molar-refractivity contribution in [1.82, 2.24) is 29.7 Å². The number of hydrogen-bond donors (Lipinski definition) is 0. The molecule has 15 heteroatoms. The van der Waals surface area contributed by atoms with Gasteiger partial charge in [-0.15, -0.1) is 10.2 Å². The predicted molar refractivity (Wildman–Crippen MR) is 173 cm³/mol. The van der Waals surface area contributed by atoms with Gasteiger partial charge >= 0.3 is 0 Å². The van der Waals surface area contributed by atoms with Crippen molar-refractivity contribution in [3.05, 3.63) is 65.5 Å². The molecule has 0 bridgehead atoms. The zero-order valence-corrected chi connectivity index (χ0v) is 28.6. The van der Waals surface area contributed by atoms with E-state index < -0.39 is 23.3 Å². The molecule has 4 aromatic rings. The third kappa shape index (κ3) is 7.54. The minimum atomic E-state index is -4.16. The maximum absolute atomic E-state index is 14.7. The molecular weight excluding hydrogens is 622 g/mol. The second kappa shape index (κ2) is 14.0. The Labute approximate surface area is 264 Å². The number of methoxy groups -OCH3 is 3. The van der Waals surface area contributed by atoms with E-state index in [-0.39, 0.29) is 25.5 Å². The summed E-state index contributed by atoms with van der Waals surface area (Å²) < 4.78 is 49.4. The minimum absolute atomic E-state index is 0.00242. The first-order chi connectivity index (χ1) is 20.9. The standard InChI is InChI=1S/C29H38ClN7O5SSi/c1-20-13-21(16-31-15-20)28-34-35-29(37(28)27-24(41-3)9-8-10-25(27)42-4)36(11-12-44(5,6)7)43(38,39)23(19-40-2)14-26-32-17-22(30)18-33-26/h8-10,13,15-18,23H,11-12,14,19H2,1-7H3/t23-/m0/s1. The number of nitrogens with zero attached hydrogens (tertiary/aromatic N) is 7. The normalized spacial score (nSPS) is 12.6. The minimum Gasteiger partial charge on any atom is -0.494 e. The van der Waals surface area contributed by atoms with Crippen LogP contribution in [0.4, 0.5) is 5.95 Å². The van der Waals surface area contributed by atoms with Crippen molar-refractivity contribution in [2.24, 2.45) is 0 Å². The first-order valence-electron chi connectivity index (χ1n) is 13.9. The fourth-order valence-corrected chi connectivity index (χ4v) is 7.48. The fraction of sp³-hybridized carbons (Fsp3) is 0.414. The van der Waals surface area contributed by atoms with Crippen LogP contribution in [0.25, 0.3) is 17.1 Å². The summed E-state index contributed by atoms with van der Waals surface area (Å²) in [6, 6.07) is 7.89. The second-order valence-electron chi connectivity index (χ2n) is 11.4. The van der Waals surface area contributed by atoms with Gasteiger partial charge in [0.15, 0.2) is 5.82 Å². The summed E-state index contributed by atoms with van der Waals surface area (Å²) in [6.45, 7) is 8.54. The third-order valence-corrected chi connectivity index (χ3v) is 10.9. The Balaban J connectivity index is 1.99. The van der Waals surface area contributed by atoms with E-state index >= 15 is 0 Å². The SMILES string of the molecule is COC[C@H](Cc1ncc(Cl)cn1)S(=O)(=O)N(CC[Si](C)(C)C)c1nnc(-c2cncc(C)c2)n1-c1c(OC)cccc1OC. The Morgan fingerprint density at radius 1 is 1.00 bits per heavy atom. The topological polar surface area (TPSA) is 134 Å². The highest BCUT2D eigenvalue weighted by Gasteiger charge is 2.38. The van der Waals surface area contributed by atoms with Gasteiger partial charge < -0.3 is 14.2 Å². The van der Waals surface area contributed by atoms with Crippen LogP contribution >= 0.6 is 11.6 Å². The number of aryl methyl sites for hydroxylation is 1. The lowest BCUT2D eigenvalue weighted by atomic mass is 10.2. The molecule has 0 aliphatic rings. The van der Waals surface area contributed by atoms with E-state index in [1.807, 2.05) is 13.0 Å². The molecule has 0 unspecified atom stereocenters. The first-order valence-corrected chi connectivity index (χ1v) is 19.5. The van der Waals surface area contributed by atoms with E-state index in [1.54, 1.807) is 35.2 Å². The molecule has 0 N–H and O–H groups in total. The number of halogens is 1. The number of ether oxygens (including phenoxy) is 3. The smallest absolute Gasteiger partial charge is 0.246 e. The Bertz CT molecular complexity index is 1660. The van der Waals surface area contributed by atoms with Gasteiger partial charge in [0.05, 0.1) is 25.8 Å². The number of sulfonamides is 1. The molecular formula is C29H38ClN7O5SSi. The number of hydrogen-bond acceptors (Lipinski definition) is 10. The summed E-state index contributed by atoms with van der Waals surface area (Å²) in [4.78, 5) is 12.8. The van der Waals surface area contributed by atoms with Gasteiger partial charge in [0.25, 0.3) is 0 Å². The number of rotatable bonds is 14. The highest BCUT2D eigenvalue weighted by Crippen LogP contribution is 2.39. The zero-order chi connectivity index (χ0) is 32.1. The van der Waals surface area contributed by atoms with Crippen molar-refractivity contribution >= 4 is 35.6 Å². The summed E-state index contributed by atoms with van der Waals surface area (Å²) in [5.74, 6) is 1.66. The van der Waals surface area contributed by atoms with Crippen molar-refractivity contribution in [1.29, 1.82) is 0 Å². The van der Waals surface area contributed by atoms with Crippen LogP contribution in [0.5, 0.6) is 11.5 Å². The maximum Gasteiger partial charge on any atom is 0.246 e. The van der Waals surface area contributed by atoms with Crippen LogP contribution in [0.1, 0.15) is 11.4 Å². The summed E-state index contributed by atoms with van der Waals surface area (Å²) >= 11 is 5.99. The molecule has 3 aromatic heterocycles. The fourth-order valence-electron chi connectivity index (χ4n) is 4.60. The van der Waals surface area contributed by atoms with E-state index in [9.17, 15) is 8.42 Å². The van der Waals surface area contributed by atoms with Gasteiger partial charge in [0.1, 0.15) is 28.3 Å². The van der Waals surface area contributed by atoms with Gasteiger partial charge in [0, 0.05) is 58.5 Å². The maximum atomic E-state index is 14.7. The summed E-state index contributed by atoms with van der Waals surface area (Å²) in [5, 5.41) is 8.37. The van der Waals surface area contributed by atoms with Crippen molar-refractivity contribution < 1.29 is 22.6 Å². The van der Waals surface area contributed by atoms with Crippen LogP contribution in [0, 0.1) is 6.92 Å². The van der Waals surface area contributed by atoms with Gasteiger partial charge in [-0.2, -0.15) is 0 Å². The Morgan fingerprint density at radius 3 is 2.23 bits per heavy atom. The molecule has 0 saturated heterocycles. The summed E-state index contributed by atoms with van der Waals surface area (Å²) in [6.07, 6.45) is 6.27. The molecule has 1 atom stereocenters. The van der Waals surface area contributed by atoms with E-state index in [0.717, 1.165) is 5.56 Å². The van der Waals surface area contributed by atoms with Gasteiger partial charge in [-0.3, -0.25) is 9.55 Å². The molecule has 12 nitrogen and oxygen atoms in total. The molecule has 1 aromatic carbocycles. The Hall–Kier alpha value is -3.59. The monoisotopic (exact) mass is 659 g/mol. The molecule has 0 aliphatic carbocycles. The Morgan fingerprint density at radius 2 is 1.66 bits per heavy atom. The molecule has 0 saturated carbocycles. The van der Waals surface area contributed by atoms with Crippen molar-refractivity contribution in [3.63, 3.8) is 0 Å². The summed E-state index contributed by atoms with van der Waals surface area (Å²) in [7, 11) is -1.38. The summed E-state index contributed by atoms with van der Waals surface area (Å²) in [5.41, 5.74) is 1.99. The lowest BCUT2D eigenvalue weighted by molar-refractivity contribution is 0.196. The lowest BCUT2D eigenvalue weighted by Crippen LogP contribution is -2.45. The number of aromatic nitrogens is 6. The molecule has 0 fully saturated rings. The highest BCUT2D eigenvalue weighted by atomic mass is 35.5. The largest absolute Gasteiger partial charge is 0.494 e. The number of anilines is 1. The second-order valence-corrected chi connectivity index (χ2v) is 19.6. The number of pyridine rings is 1. The van der Waals surface area contributed by atoms with Crippen molar-refractivity contribution in [3.8, 4) is 28.6 Å². The van der Waals surface area contributed by atoms with Crippen LogP contribution in [-0.2, 0) is 21.2 Å². The number of benzene rings is 1. The quantitative estimate of drug-likeness (QED) is 0.173. The highest BCUT2D eigenvalue weighted by molar-refractivity contribution is 7.93. The molecule has 44 heavy (non-hydrogen) atoms. The molecule has 0 aliphatic heterocycles. The molecule has 0 radical (unpaired) electrons. The lowest BCUT2D eigenvalue weighted by Gasteiger charge is -2.30. The van der Waals surface area contributed by atoms with E-state index in [0.29, 0.717) is 45.5 Å². The van der Waals surface area contributed by atoms with Crippen LogP contribution in [0.15, 0.2) is 49.1 Å². The van der Waals surface area contributed by atoms with Gasteiger partial charge in [-0.25, -0.2) is 22.7 Å². The first kappa shape index (κ1) is 33.3. The van der Waals surface area contributed by atoms with E-state index in [4.69, 9.17) is 25.8 Å². The van der Waals surface area contributed by atoms with Crippen molar-refractivity contribution in [2.45, 2.75) is 44.3 Å². The molecule has 0 spiro atoms. The van der Waals surface area contributed by atoms with Crippen LogP contribution in [0.2, 0.25) is 30.7 Å². The van der Waals surface area contributed by atoms with Gasteiger partial charge in [-0.1, -0.05) is 37.3 Å². The van der Waals surface area contributed by atoms with Crippen LogP contribution in [0.3, 0.4) is 0 Å². The number of para-hydroxylation sites is 1. The van der Waals surface area contributed by atoms with Gasteiger partial charge in [-0.05, 0) is 36.7 Å². The van der Waals surface area contributed by atoms with Crippen LogP contribution < -0.4 is 13.8 Å². The van der Waals surface area contributed by atoms with E-state index in [1.165, 1.54) is 38.0 Å². The van der Waals surface area contributed by atoms with Crippen molar-refractivity contribution in [2.75, 3.05) is 38.8 Å². The third-order valence-electron chi connectivity index (χ3n) is 6.86. The molecule has 3 heterocycles.